The van der Waals surface area contributed by atoms with Crippen molar-refractivity contribution in [3.8, 4) is 0 Å². The number of nitrogen functional groups attached to an aromatic ring is 1. The van der Waals surface area contributed by atoms with Crippen LogP contribution in [0.1, 0.15) is 11.3 Å². The van der Waals surface area contributed by atoms with Crippen LogP contribution in [0, 0.1) is 0 Å². The summed E-state index contributed by atoms with van der Waals surface area (Å²) in [7, 11) is 2.09. The first kappa shape index (κ1) is 13.1. The highest BCUT2D eigenvalue weighted by Gasteiger charge is 2.07. The molecule has 2 N–H and O–H groups in total. The fourth-order valence-corrected chi connectivity index (χ4v) is 2.93. The molecule has 0 aliphatic heterocycles. The third-order valence-electron chi connectivity index (χ3n) is 3.36. The number of hydrogen-bond donors (Lipinski definition) is 1. The van der Waals surface area contributed by atoms with Crippen molar-refractivity contribution < 1.29 is 0 Å². The van der Waals surface area contributed by atoms with E-state index in [-0.39, 0.29) is 0 Å². The molecule has 3 nitrogen and oxygen atoms in total. The van der Waals surface area contributed by atoms with Gasteiger partial charge in [-0.2, -0.15) is 0 Å². The van der Waals surface area contributed by atoms with Gasteiger partial charge in [0.25, 0.3) is 0 Å². The molecule has 0 aliphatic carbocycles. The number of rotatable bonds is 4. The lowest BCUT2D eigenvalue weighted by Crippen LogP contribution is -2.18. The van der Waals surface area contributed by atoms with E-state index in [9.17, 15) is 0 Å². The number of nitrogens with zero attached hydrogens (tertiary/aromatic N) is 2. The Morgan fingerprint density at radius 2 is 1.90 bits per heavy atom. The minimum atomic E-state index is 0.828. The van der Waals surface area contributed by atoms with Gasteiger partial charge in [-0.1, -0.05) is 24.3 Å². The largest absolute Gasteiger partial charge is 0.398 e. The average Bonchev–Trinajstić information content (AvgIpc) is 2.92. The van der Waals surface area contributed by atoms with Gasteiger partial charge in [0.1, 0.15) is 0 Å². The Bertz CT molecular complexity index is 707. The van der Waals surface area contributed by atoms with Gasteiger partial charge in [0.05, 0.1) is 11.2 Å². The monoisotopic (exact) mass is 283 g/mol. The van der Waals surface area contributed by atoms with E-state index in [4.69, 9.17) is 5.73 Å². The van der Waals surface area contributed by atoms with E-state index in [1.165, 1.54) is 16.3 Å². The Morgan fingerprint density at radius 3 is 2.60 bits per heavy atom. The smallest absolute Gasteiger partial charge is 0.0795 e. The van der Waals surface area contributed by atoms with Gasteiger partial charge >= 0.3 is 0 Å². The molecule has 0 radical (unpaired) electrons. The maximum Gasteiger partial charge on any atom is 0.0795 e. The second-order valence-corrected chi connectivity index (χ2v) is 5.77. The van der Waals surface area contributed by atoms with Crippen molar-refractivity contribution >= 4 is 27.8 Å². The van der Waals surface area contributed by atoms with Gasteiger partial charge in [-0.05, 0) is 35.5 Å². The molecule has 0 bridgehead atoms. The second kappa shape index (κ2) is 5.61. The van der Waals surface area contributed by atoms with Crippen LogP contribution in [-0.2, 0) is 13.1 Å². The molecule has 1 heterocycles. The SMILES string of the molecule is CN(Cc1cscn1)Cc1cc2ccccc2cc1N. The summed E-state index contributed by atoms with van der Waals surface area (Å²) >= 11 is 1.63. The third kappa shape index (κ3) is 2.81. The summed E-state index contributed by atoms with van der Waals surface area (Å²) in [6.07, 6.45) is 0. The molecule has 0 aliphatic rings. The lowest BCUT2D eigenvalue weighted by atomic mass is 10.0. The van der Waals surface area contributed by atoms with E-state index in [2.05, 4.69) is 52.6 Å². The Balaban J connectivity index is 1.81. The molecule has 0 saturated carbocycles. The van der Waals surface area contributed by atoms with E-state index in [1.54, 1.807) is 11.3 Å². The minimum Gasteiger partial charge on any atom is -0.398 e. The number of fused-ring (bicyclic) bond motifs is 1. The fraction of sp³-hybridized carbons (Fsp3) is 0.188. The summed E-state index contributed by atoms with van der Waals surface area (Å²) in [6, 6.07) is 12.5. The summed E-state index contributed by atoms with van der Waals surface area (Å²) < 4.78 is 0. The zero-order valence-corrected chi connectivity index (χ0v) is 12.2. The van der Waals surface area contributed by atoms with E-state index < -0.39 is 0 Å². The van der Waals surface area contributed by atoms with Crippen molar-refractivity contribution in [1.29, 1.82) is 0 Å². The van der Waals surface area contributed by atoms with Gasteiger partial charge in [0.15, 0.2) is 0 Å². The maximum atomic E-state index is 6.17. The topological polar surface area (TPSA) is 42.2 Å². The minimum absolute atomic E-state index is 0.828. The molecule has 2 aromatic carbocycles. The Hall–Kier alpha value is -1.91. The highest BCUT2D eigenvalue weighted by Crippen LogP contribution is 2.23. The number of aromatic nitrogens is 1. The first-order valence-corrected chi connectivity index (χ1v) is 7.49. The van der Waals surface area contributed by atoms with Gasteiger partial charge in [-0.15, -0.1) is 11.3 Å². The first-order valence-electron chi connectivity index (χ1n) is 6.55. The van der Waals surface area contributed by atoms with Crippen LogP contribution in [0.2, 0.25) is 0 Å². The Morgan fingerprint density at radius 1 is 1.15 bits per heavy atom. The molecule has 102 valence electrons. The van der Waals surface area contributed by atoms with Crippen molar-refractivity contribution in [2.45, 2.75) is 13.1 Å². The quantitative estimate of drug-likeness (QED) is 0.745. The number of benzene rings is 2. The lowest BCUT2D eigenvalue weighted by molar-refractivity contribution is 0.316. The van der Waals surface area contributed by atoms with Crippen LogP contribution in [0.3, 0.4) is 0 Å². The lowest BCUT2D eigenvalue weighted by Gasteiger charge is -2.17. The Kier molecular flexibility index (Phi) is 3.67. The molecule has 0 saturated heterocycles. The zero-order valence-electron chi connectivity index (χ0n) is 11.4. The maximum absolute atomic E-state index is 6.17. The van der Waals surface area contributed by atoms with Crippen molar-refractivity contribution in [1.82, 2.24) is 9.88 Å². The summed E-state index contributed by atoms with van der Waals surface area (Å²) in [5.41, 5.74) is 11.2. The predicted octanol–water partition coefficient (Wildman–Crippen LogP) is 3.51. The molecule has 0 fully saturated rings. The number of hydrogen-bond acceptors (Lipinski definition) is 4. The number of anilines is 1. The molecule has 3 aromatic rings. The molecule has 0 spiro atoms. The standard InChI is InChI=1S/C16H17N3S/c1-19(9-15-10-20-11-18-15)8-14-6-12-4-2-3-5-13(12)7-16(14)17/h2-7,10-11H,8-9,17H2,1H3. The van der Waals surface area contributed by atoms with Crippen LogP contribution in [0.15, 0.2) is 47.3 Å². The van der Waals surface area contributed by atoms with Gasteiger partial charge in [0, 0.05) is 24.2 Å². The predicted molar refractivity (Wildman–Crippen MR) is 85.6 cm³/mol. The molecular formula is C16H17N3S. The average molecular weight is 283 g/mol. The molecular weight excluding hydrogens is 266 g/mol. The summed E-state index contributed by atoms with van der Waals surface area (Å²) in [4.78, 5) is 6.55. The van der Waals surface area contributed by atoms with E-state index in [1.807, 2.05) is 11.6 Å². The van der Waals surface area contributed by atoms with Gasteiger partial charge in [-0.3, -0.25) is 4.90 Å². The molecule has 0 unspecified atom stereocenters. The van der Waals surface area contributed by atoms with Crippen LogP contribution in [-0.4, -0.2) is 16.9 Å². The number of thiazole rings is 1. The number of nitrogens with two attached hydrogens (primary N) is 1. The molecule has 0 atom stereocenters. The molecule has 0 amide bonds. The fourth-order valence-electron chi connectivity index (χ4n) is 2.38. The van der Waals surface area contributed by atoms with Crippen molar-refractivity contribution in [3.05, 3.63) is 58.5 Å². The highest BCUT2D eigenvalue weighted by atomic mass is 32.1. The summed E-state index contributed by atoms with van der Waals surface area (Å²) in [5, 5.41) is 4.51. The van der Waals surface area contributed by atoms with Crippen LogP contribution in [0.4, 0.5) is 5.69 Å². The summed E-state index contributed by atoms with van der Waals surface area (Å²) in [5.74, 6) is 0. The highest BCUT2D eigenvalue weighted by molar-refractivity contribution is 7.07. The van der Waals surface area contributed by atoms with Crippen molar-refractivity contribution in [2.75, 3.05) is 12.8 Å². The zero-order chi connectivity index (χ0) is 13.9. The van der Waals surface area contributed by atoms with Crippen LogP contribution in [0.25, 0.3) is 10.8 Å². The van der Waals surface area contributed by atoms with Crippen molar-refractivity contribution in [3.63, 3.8) is 0 Å². The normalized spacial score (nSPS) is 11.3. The second-order valence-electron chi connectivity index (χ2n) is 5.05. The third-order valence-corrected chi connectivity index (χ3v) is 4.00. The van der Waals surface area contributed by atoms with Crippen LogP contribution >= 0.6 is 11.3 Å². The first-order chi connectivity index (χ1) is 9.72. The van der Waals surface area contributed by atoms with Gasteiger partial charge in [-0.25, -0.2) is 4.98 Å². The van der Waals surface area contributed by atoms with Gasteiger partial charge in [0.2, 0.25) is 0 Å². The van der Waals surface area contributed by atoms with E-state index in [0.29, 0.717) is 0 Å². The van der Waals surface area contributed by atoms with E-state index in [0.717, 1.165) is 24.5 Å². The molecule has 3 rings (SSSR count). The van der Waals surface area contributed by atoms with Crippen LogP contribution < -0.4 is 5.73 Å². The Labute approximate surface area is 122 Å². The molecule has 1 aromatic heterocycles. The molecule has 4 heteroatoms. The summed E-state index contributed by atoms with van der Waals surface area (Å²) in [6.45, 7) is 1.67. The van der Waals surface area contributed by atoms with Crippen LogP contribution in [0.5, 0.6) is 0 Å². The van der Waals surface area contributed by atoms with E-state index >= 15 is 0 Å². The van der Waals surface area contributed by atoms with Crippen molar-refractivity contribution in [2.24, 2.45) is 0 Å². The molecule has 20 heavy (non-hydrogen) atoms. The van der Waals surface area contributed by atoms with Gasteiger partial charge < -0.3 is 5.73 Å².